The summed E-state index contributed by atoms with van der Waals surface area (Å²) >= 11 is 0. The lowest BCUT2D eigenvalue weighted by Crippen LogP contribution is -2.39. The molecule has 0 bridgehead atoms. The number of aliphatic hydroxyl groups is 1. The van der Waals surface area contributed by atoms with Crippen molar-refractivity contribution in [1.29, 1.82) is 0 Å². The highest BCUT2D eigenvalue weighted by atomic mass is 19.1. The van der Waals surface area contributed by atoms with E-state index in [2.05, 4.69) is 5.32 Å². The molecule has 54 valence electrons. The van der Waals surface area contributed by atoms with Crippen LogP contribution in [0.4, 0.5) is 4.39 Å². The average Bonchev–Trinajstić information content (AvgIpc) is 1.88. The van der Waals surface area contributed by atoms with Gasteiger partial charge in [0.05, 0.1) is 12.8 Å². The van der Waals surface area contributed by atoms with Crippen LogP contribution in [0.5, 0.6) is 0 Å². The minimum absolute atomic E-state index is 0.0359. The molecule has 0 radical (unpaired) electrons. The molecule has 0 aromatic rings. The molecule has 2 atom stereocenters. The van der Waals surface area contributed by atoms with Crippen LogP contribution in [0.3, 0.4) is 0 Å². The lowest BCUT2D eigenvalue weighted by atomic mass is 9.99. The maximum Gasteiger partial charge on any atom is 0.0935 e. The third kappa shape index (κ3) is 1.91. The molecule has 1 saturated heterocycles. The molecule has 2 nitrogen and oxygen atoms in total. The van der Waals surface area contributed by atoms with Crippen molar-refractivity contribution in [3.63, 3.8) is 0 Å². The number of halogens is 1. The largest absolute Gasteiger partial charge is 0.392 e. The minimum Gasteiger partial charge on any atom is -0.392 e. The number of aliphatic hydroxyl groups excluding tert-OH is 1. The molecule has 0 saturated carbocycles. The first-order valence-corrected chi connectivity index (χ1v) is 3.27. The normalized spacial score (nSPS) is 36.7. The fraction of sp³-hybridized carbons (Fsp3) is 1.00. The molecule has 0 aromatic heterocycles. The van der Waals surface area contributed by atoms with Gasteiger partial charge < -0.3 is 10.4 Å². The van der Waals surface area contributed by atoms with Gasteiger partial charge in [-0.2, -0.15) is 0 Å². The first kappa shape index (κ1) is 6.96. The number of hydrogen-bond acceptors (Lipinski definition) is 2. The van der Waals surface area contributed by atoms with Crippen molar-refractivity contribution in [2.24, 2.45) is 5.92 Å². The molecule has 1 aliphatic rings. The van der Waals surface area contributed by atoms with E-state index in [1.807, 2.05) is 0 Å². The fourth-order valence-electron chi connectivity index (χ4n) is 1.12. The quantitative estimate of drug-likeness (QED) is 0.524. The Morgan fingerprint density at radius 1 is 1.56 bits per heavy atom. The van der Waals surface area contributed by atoms with Crippen LogP contribution >= 0.6 is 0 Å². The van der Waals surface area contributed by atoms with Crippen LogP contribution in [0.15, 0.2) is 0 Å². The summed E-state index contributed by atoms with van der Waals surface area (Å²) in [5.74, 6) is 0.0359. The van der Waals surface area contributed by atoms with E-state index in [0.29, 0.717) is 19.5 Å². The van der Waals surface area contributed by atoms with Crippen molar-refractivity contribution in [3.05, 3.63) is 0 Å². The molecular formula is C6H12FNO. The van der Waals surface area contributed by atoms with Crippen LogP contribution in [0, 0.1) is 5.92 Å². The van der Waals surface area contributed by atoms with Gasteiger partial charge in [-0.3, -0.25) is 4.39 Å². The van der Waals surface area contributed by atoms with Crippen LogP contribution in [-0.2, 0) is 0 Å². The van der Waals surface area contributed by atoms with Crippen molar-refractivity contribution in [3.8, 4) is 0 Å². The summed E-state index contributed by atoms with van der Waals surface area (Å²) in [5.41, 5.74) is 0. The van der Waals surface area contributed by atoms with E-state index in [0.717, 1.165) is 0 Å². The van der Waals surface area contributed by atoms with E-state index in [9.17, 15) is 4.39 Å². The van der Waals surface area contributed by atoms with E-state index in [-0.39, 0.29) is 18.7 Å². The van der Waals surface area contributed by atoms with Crippen LogP contribution < -0.4 is 5.32 Å². The third-order valence-corrected chi connectivity index (χ3v) is 1.64. The van der Waals surface area contributed by atoms with E-state index >= 15 is 0 Å². The summed E-state index contributed by atoms with van der Waals surface area (Å²) in [6.45, 7) is 1.02. The van der Waals surface area contributed by atoms with Gasteiger partial charge in [0, 0.05) is 19.0 Å². The van der Waals surface area contributed by atoms with E-state index < -0.39 is 0 Å². The van der Waals surface area contributed by atoms with Gasteiger partial charge in [0.25, 0.3) is 0 Å². The number of nitrogens with one attached hydrogen (secondary N) is 1. The van der Waals surface area contributed by atoms with Gasteiger partial charge in [-0.05, 0) is 6.42 Å². The van der Waals surface area contributed by atoms with Gasteiger partial charge in [-0.25, -0.2) is 0 Å². The van der Waals surface area contributed by atoms with Crippen LogP contribution in [0.2, 0.25) is 0 Å². The molecule has 0 unspecified atom stereocenters. The Labute approximate surface area is 54.1 Å². The first-order chi connectivity index (χ1) is 4.33. The van der Waals surface area contributed by atoms with Crippen LogP contribution in [0.1, 0.15) is 6.42 Å². The third-order valence-electron chi connectivity index (χ3n) is 1.64. The second-order valence-electron chi connectivity index (χ2n) is 2.57. The van der Waals surface area contributed by atoms with Gasteiger partial charge in [-0.15, -0.1) is 0 Å². The number of β-amino-alcohol motifs (C(OH)–C–C–N with tert-alkyl or cyclic N) is 1. The molecular weight excluding hydrogens is 121 g/mol. The Hall–Kier alpha value is -0.150. The van der Waals surface area contributed by atoms with Crippen molar-refractivity contribution >= 4 is 0 Å². The van der Waals surface area contributed by atoms with E-state index in [1.165, 1.54) is 0 Å². The van der Waals surface area contributed by atoms with E-state index in [1.54, 1.807) is 0 Å². The molecule has 0 amide bonds. The molecule has 1 aliphatic heterocycles. The van der Waals surface area contributed by atoms with Crippen LogP contribution in [0.25, 0.3) is 0 Å². The van der Waals surface area contributed by atoms with Gasteiger partial charge in [0.1, 0.15) is 0 Å². The highest BCUT2D eigenvalue weighted by molar-refractivity contribution is 4.74. The van der Waals surface area contributed by atoms with Crippen molar-refractivity contribution < 1.29 is 9.50 Å². The van der Waals surface area contributed by atoms with Crippen molar-refractivity contribution in [2.75, 3.05) is 19.8 Å². The van der Waals surface area contributed by atoms with Gasteiger partial charge in [-0.1, -0.05) is 0 Å². The molecule has 0 spiro atoms. The highest BCUT2D eigenvalue weighted by Crippen LogP contribution is 2.10. The second kappa shape index (κ2) is 3.13. The Morgan fingerprint density at radius 2 is 2.33 bits per heavy atom. The summed E-state index contributed by atoms with van der Waals surface area (Å²) in [4.78, 5) is 0. The molecule has 1 heterocycles. The standard InChI is InChI=1S/C6H12FNO/c7-2-5-1-6(9)4-8-3-5/h5-6,8-9H,1-4H2/t5-,6-/m0/s1. The predicted molar refractivity (Wildman–Crippen MR) is 33.0 cm³/mol. The topological polar surface area (TPSA) is 32.3 Å². The lowest BCUT2D eigenvalue weighted by Gasteiger charge is -2.24. The second-order valence-corrected chi connectivity index (χ2v) is 2.57. The monoisotopic (exact) mass is 133 g/mol. The number of piperidine rings is 1. The fourth-order valence-corrected chi connectivity index (χ4v) is 1.12. The smallest absolute Gasteiger partial charge is 0.0935 e. The molecule has 0 aromatic carbocycles. The molecule has 2 N–H and O–H groups in total. The molecule has 3 heteroatoms. The zero-order chi connectivity index (χ0) is 6.69. The molecule has 0 aliphatic carbocycles. The van der Waals surface area contributed by atoms with Gasteiger partial charge in [0.15, 0.2) is 0 Å². The molecule has 1 fully saturated rings. The summed E-state index contributed by atoms with van der Waals surface area (Å²) in [7, 11) is 0. The zero-order valence-electron chi connectivity index (χ0n) is 5.31. The summed E-state index contributed by atoms with van der Waals surface area (Å²) < 4.78 is 11.9. The number of alkyl halides is 1. The zero-order valence-corrected chi connectivity index (χ0v) is 5.31. The van der Waals surface area contributed by atoms with Crippen molar-refractivity contribution in [2.45, 2.75) is 12.5 Å². The summed E-state index contributed by atoms with van der Waals surface area (Å²) in [6.07, 6.45) is 0.281. The predicted octanol–water partition coefficient (Wildman–Crippen LogP) is -0.0737. The van der Waals surface area contributed by atoms with Crippen LogP contribution in [-0.4, -0.2) is 31.0 Å². The first-order valence-electron chi connectivity index (χ1n) is 3.27. The Bertz CT molecular complexity index is 89.1. The summed E-state index contributed by atoms with van der Waals surface area (Å²) in [6, 6.07) is 0. The average molecular weight is 133 g/mol. The minimum atomic E-state index is -0.334. The Morgan fingerprint density at radius 3 is 2.78 bits per heavy atom. The maximum absolute atomic E-state index is 11.9. The number of hydrogen-bond donors (Lipinski definition) is 2. The highest BCUT2D eigenvalue weighted by Gasteiger charge is 2.18. The van der Waals surface area contributed by atoms with Crippen molar-refractivity contribution in [1.82, 2.24) is 5.32 Å². The van der Waals surface area contributed by atoms with Gasteiger partial charge in [0.2, 0.25) is 0 Å². The lowest BCUT2D eigenvalue weighted by molar-refractivity contribution is 0.105. The van der Waals surface area contributed by atoms with Gasteiger partial charge >= 0.3 is 0 Å². The SMILES string of the molecule is O[C@@H]1CNC[C@H](CF)C1. The summed E-state index contributed by atoms with van der Waals surface area (Å²) in [5, 5.41) is 11.9. The Balaban J connectivity index is 2.23. The Kier molecular flexibility index (Phi) is 2.42. The molecule has 9 heavy (non-hydrogen) atoms. The molecule has 1 rings (SSSR count). The van der Waals surface area contributed by atoms with E-state index in [4.69, 9.17) is 5.11 Å². The number of rotatable bonds is 1. The maximum atomic E-state index is 11.9.